The van der Waals surface area contributed by atoms with Crippen LogP contribution in [0.15, 0.2) is 246 Å². The van der Waals surface area contributed by atoms with Gasteiger partial charge in [0.05, 0.1) is 80.3 Å². The lowest BCUT2D eigenvalue weighted by Gasteiger charge is -2.12. The van der Waals surface area contributed by atoms with Crippen LogP contribution in [0.25, 0.3) is 223 Å². The van der Waals surface area contributed by atoms with E-state index in [1.807, 2.05) is 118 Å². The molecule has 0 amide bonds. The van der Waals surface area contributed by atoms with Crippen LogP contribution in [0.2, 0.25) is 0 Å². The van der Waals surface area contributed by atoms with Gasteiger partial charge in [-0.3, -0.25) is 60.3 Å². The first-order chi connectivity index (χ1) is 61.1. The van der Waals surface area contributed by atoms with Crippen LogP contribution in [0.5, 0.6) is 0 Å². The molecule has 9 N–H and O–H groups in total. The number of imidazole rings is 4. The first-order valence-electron chi connectivity index (χ1n) is 39.0. The van der Waals surface area contributed by atoms with Crippen molar-refractivity contribution in [3.8, 4) is 135 Å². The summed E-state index contributed by atoms with van der Waals surface area (Å²) in [7, 11) is 3.99. The Balaban J connectivity index is 0.000000101. The number of hydrogen-bond donors (Lipinski definition) is 9. The van der Waals surface area contributed by atoms with Crippen molar-refractivity contribution in [2.75, 3.05) is 25.5 Å². The second-order valence-corrected chi connectivity index (χ2v) is 32.2. The third-order valence-corrected chi connectivity index (χ3v) is 23.8. The smallest absolute Gasteiger partial charge is 0.181 e. The Bertz CT molecular complexity index is 7950. The fourth-order valence-electron chi connectivity index (χ4n) is 14.8. The zero-order valence-electron chi connectivity index (χ0n) is 66.1. The number of nitrogens with one attached hydrogen (secondary N) is 9. The largest absolute Gasteiger partial charge is 0.376 e. The van der Waals surface area contributed by atoms with Crippen molar-refractivity contribution >= 4 is 139 Å². The zero-order valence-corrected chi connectivity index (χ0v) is 69.4. The van der Waals surface area contributed by atoms with E-state index < -0.39 is 0 Å². The van der Waals surface area contributed by atoms with Gasteiger partial charge in [0.25, 0.3) is 0 Å². The van der Waals surface area contributed by atoms with Gasteiger partial charge in [-0.05, 0) is 163 Å². The van der Waals surface area contributed by atoms with Crippen LogP contribution in [-0.2, 0) is 6.54 Å². The number of pyridine rings is 12. The maximum Gasteiger partial charge on any atom is 0.181 e. The molecule has 0 saturated heterocycles. The van der Waals surface area contributed by atoms with Gasteiger partial charge in [-0.25, -0.2) is 39.9 Å². The highest BCUT2D eigenvalue weighted by Gasteiger charge is 2.23. The Kier molecular flexibility index (Phi) is 19.9. The van der Waals surface area contributed by atoms with Crippen molar-refractivity contribution < 1.29 is 0 Å². The molecule has 34 heteroatoms. The quantitative estimate of drug-likeness (QED) is 0.0434. The van der Waals surface area contributed by atoms with Crippen molar-refractivity contribution in [1.29, 1.82) is 0 Å². The zero-order chi connectivity index (χ0) is 83.1. The summed E-state index contributed by atoms with van der Waals surface area (Å²) >= 11 is 6.62. The van der Waals surface area contributed by atoms with Crippen LogP contribution in [0.1, 0.15) is 18.1 Å². The van der Waals surface area contributed by atoms with Crippen molar-refractivity contribution in [2.45, 2.75) is 20.4 Å². The highest BCUT2D eigenvalue weighted by molar-refractivity contribution is 7.09. The SMILES string of the molecule is CCNCc1cncc(-c2cnc3n[nH]c(-c4nc5c(-c6ccsc6)cncc5[nH]4)c3c2)c1.CN(C)c1cncc(-c2cnc3n[nH]c(-c4nc5c(-c6ccsc6)cncc5[nH]4)c3c2)c1.Cc1ccncc1-c1cnc2n[nH]c(-c3nc4c(-c5ccsc5)cncc4[nH]3)c2c1.c1cncc(-c2cnc3n[nH]c(-c4nc5c(-c6ccsc6)cncc5[nH]4)c3c2)c1. The van der Waals surface area contributed by atoms with E-state index in [0.717, 1.165) is 207 Å². The highest BCUT2D eigenvalue weighted by Crippen LogP contribution is 2.40. The lowest BCUT2D eigenvalue weighted by molar-refractivity contribution is 0.724. The van der Waals surface area contributed by atoms with E-state index >= 15 is 0 Å². The van der Waals surface area contributed by atoms with E-state index in [1.54, 1.807) is 88.7 Å². The molecule has 0 aliphatic carbocycles. The second kappa shape index (κ2) is 32.7. The molecule has 0 aromatic carbocycles. The Morgan fingerprint density at radius 1 is 0.331 bits per heavy atom. The number of fused-ring (bicyclic) bond motifs is 8. The molecule has 0 bridgehead atoms. The van der Waals surface area contributed by atoms with Gasteiger partial charge in [-0.15, -0.1) is 0 Å². The predicted molar refractivity (Wildman–Crippen MR) is 490 cm³/mol. The first kappa shape index (κ1) is 75.6. The molecule has 0 aliphatic heterocycles. The molecule has 30 nitrogen and oxygen atoms in total. The lowest BCUT2D eigenvalue weighted by atomic mass is 10.0. The summed E-state index contributed by atoms with van der Waals surface area (Å²) in [5, 5.41) is 53.4. The van der Waals surface area contributed by atoms with Gasteiger partial charge < -0.3 is 30.2 Å². The van der Waals surface area contributed by atoms with Gasteiger partial charge in [0.15, 0.2) is 45.9 Å². The molecule has 0 atom stereocenters. The van der Waals surface area contributed by atoms with Crippen molar-refractivity contribution in [3.05, 3.63) is 257 Å². The fraction of sp³-hybridized carbons (Fsp3) is 0.0667. The molecule has 24 rings (SSSR count). The second-order valence-electron chi connectivity index (χ2n) is 29.1. The number of hydrogen-bond acceptors (Lipinski definition) is 26. The molecular weight excluding hydrogens is 1630 g/mol. The van der Waals surface area contributed by atoms with Gasteiger partial charge in [0.1, 0.15) is 44.8 Å². The van der Waals surface area contributed by atoms with Gasteiger partial charge >= 0.3 is 0 Å². The Labute approximate surface area is 718 Å². The summed E-state index contributed by atoms with van der Waals surface area (Å²) < 4.78 is 0. The van der Waals surface area contributed by atoms with Crippen LogP contribution >= 0.6 is 45.3 Å². The molecule has 24 aromatic rings. The van der Waals surface area contributed by atoms with E-state index in [2.05, 4.69) is 243 Å². The molecule has 0 saturated carbocycles. The summed E-state index contributed by atoms with van der Waals surface area (Å²) in [6, 6.07) is 26.7. The summed E-state index contributed by atoms with van der Waals surface area (Å²) in [6.45, 7) is 5.85. The van der Waals surface area contributed by atoms with E-state index in [-0.39, 0.29) is 0 Å². The molecule has 600 valence electrons. The van der Waals surface area contributed by atoms with E-state index in [1.165, 1.54) is 0 Å². The molecule has 0 aliphatic rings. The van der Waals surface area contributed by atoms with Crippen LogP contribution < -0.4 is 10.2 Å². The molecular formula is C90H66N30S4. The normalized spacial score (nSPS) is 11.5. The number of nitrogens with zero attached hydrogens (tertiary/aromatic N) is 21. The third kappa shape index (κ3) is 14.6. The number of aromatic nitrogens is 28. The maximum absolute atomic E-state index is 4.90. The molecule has 0 radical (unpaired) electrons. The predicted octanol–water partition coefficient (Wildman–Crippen LogP) is 19.2. The summed E-state index contributed by atoms with van der Waals surface area (Å²) in [5.41, 5.74) is 32.5. The lowest BCUT2D eigenvalue weighted by Crippen LogP contribution is -2.11. The molecule has 0 fully saturated rings. The van der Waals surface area contributed by atoms with Crippen molar-refractivity contribution in [1.82, 2.24) is 146 Å². The van der Waals surface area contributed by atoms with Gasteiger partial charge in [0.2, 0.25) is 0 Å². The number of rotatable bonds is 16. The van der Waals surface area contributed by atoms with Crippen LogP contribution in [0.3, 0.4) is 0 Å². The standard InChI is InChI=1S/C24H20N8S.C23H18N8S.C22H15N7S.C21H13N7S/c1-2-25-7-14-5-16(9-26-8-14)17-6-18-22(31-32-23(18)28-10-17)24-29-20-12-27-11-19(21(20)30-24)15-3-4-33-13-15;1-31(2)16-5-14(7-24-9-16)15-6-17-21(29-30-22(17)26-8-15)23-27-19-11-25-10-18(20(19)28-23)13-3-4-32-12-13;1-12-2-4-23-8-16(12)14-6-15-20(28-29-21(15)25-7-14)22-26-18-10-24-9-17(19(18)27-22)13-3-5-30-11-13;1-2-12(7-22-4-1)14-6-15-19(27-28-20(15)24-8-14)21-25-17-10-23-9-16(18(17)26-21)13-3-5-29-11-13/h3-6,8-13,25H,2,7H2,1H3,(H,29,30)(H,28,31,32);3-12H,1-2H3,(H,27,28)(H,26,29,30);2-11H,1H3,(H,26,27)(H,25,28,29);1-11H,(H,25,26)(H,24,27,28). The molecule has 24 aromatic heterocycles. The van der Waals surface area contributed by atoms with Crippen LogP contribution in [0, 0.1) is 6.92 Å². The number of anilines is 1. The molecule has 24 heterocycles. The van der Waals surface area contributed by atoms with E-state index in [4.69, 9.17) is 19.9 Å². The maximum atomic E-state index is 4.90. The molecule has 124 heavy (non-hydrogen) atoms. The van der Waals surface area contributed by atoms with E-state index in [9.17, 15) is 0 Å². The van der Waals surface area contributed by atoms with Gasteiger partial charge in [-0.1, -0.05) is 13.0 Å². The minimum absolute atomic E-state index is 0.636. The molecule has 0 unspecified atom stereocenters. The number of aromatic amines is 8. The minimum Gasteiger partial charge on any atom is -0.376 e. The van der Waals surface area contributed by atoms with Crippen LogP contribution in [0.4, 0.5) is 5.69 Å². The minimum atomic E-state index is 0.636. The fourth-order valence-corrected chi connectivity index (χ4v) is 17.4. The monoisotopic (exact) mass is 1690 g/mol. The van der Waals surface area contributed by atoms with Crippen molar-refractivity contribution in [2.24, 2.45) is 0 Å². The molecule has 0 spiro atoms. The number of H-pyrrole nitrogens is 8. The van der Waals surface area contributed by atoms with Crippen LogP contribution in [-0.4, -0.2) is 161 Å². The summed E-state index contributed by atoms with van der Waals surface area (Å²) in [6.07, 6.45) is 36.5. The van der Waals surface area contributed by atoms with Gasteiger partial charge in [0, 0.05) is 180 Å². The average Bonchev–Trinajstić information content (AvgIpc) is 1.63. The van der Waals surface area contributed by atoms with Gasteiger partial charge in [-0.2, -0.15) is 65.7 Å². The Hall–Kier alpha value is -15.9. The third-order valence-electron chi connectivity index (χ3n) is 21.1. The summed E-state index contributed by atoms with van der Waals surface area (Å²) in [4.78, 5) is 88.0. The van der Waals surface area contributed by atoms with Crippen molar-refractivity contribution in [3.63, 3.8) is 0 Å². The Morgan fingerprint density at radius 3 is 1.06 bits per heavy atom. The first-order valence-corrected chi connectivity index (χ1v) is 42.8. The number of aryl methyl sites for hydroxylation is 1. The topological polar surface area (TPSA) is 399 Å². The van der Waals surface area contributed by atoms with E-state index in [0.29, 0.717) is 45.9 Å². The highest BCUT2D eigenvalue weighted by atomic mass is 32.1. The summed E-state index contributed by atoms with van der Waals surface area (Å²) in [5.74, 6) is 2.82. The Morgan fingerprint density at radius 2 is 0.685 bits per heavy atom. The number of thiophene rings is 4. The average molecular weight is 1700 g/mol.